The largest absolute Gasteiger partial charge is 0.291 e. The van der Waals surface area contributed by atoms with Gasteiger partial charge in [-0.05, 0) is 55.0 Å². The number of nitrogens with zero attached hydrogens (tertiary/aromatic N) is 2. The summed E-state index contributed by atoms with van der Waals surface area (Å²) >= 11 is 2.16. The van der Waals surface area contributed by atoms with Gasteiger partial charge in [0.15, 0.2) is 0 Å². The second kappa shape index (κ2) is 3.73. The summed E-state index contributed by atoms with van der Waals surface area (Å²) in [5.41, 5.74) is -0.103. The molecule has 0 aromatic carbocycles. The first-order chi connectivity index (χ1) is 7.00. The van der Waals surface area contributed by atoms with Crippen molar-refractivity contribution in [2.24, 2.45) is 0 Å². The molecule has 1 aliphatic rings. The average Bonchev–Trinajstić information content (AvgIpc) is 2.40. The number of anilines is 1. The van der Waals surface area contributed by atoms with E-state index in [1.54, 1.807) is 0 Å². The highest BCUT2D eigenvalue weighted by molar-refractivity contribution is 14.1. The molecule has 0 bridgehead atoms. The summed E-state index contributed by atoms with van der Waals surface area (Å²) in [4.78, 5) is 18.0. The average molecular weight is 316 g/mol. The molecular weight excluding hydrogens is 303 g/mol. The number of rotatable bonds is 1. The highest BCUT2D eigenvalue weighted by Gasteiger charge is 2.39. The second-order valence-corrected chi connectivity index (χ2v) is 5.47. The van der Waals surface area contributed by atoms with E-state index in [-0.39, 0.29) is 11.4 Å². The van der Waals surface area contributed by atoms with Gasteiger partial charge in [0.1, 0.15) is 9.52 Å². The molecule has 15 heavy (non-hydrogen) atoms. The molecule has 1 aromatic heterocycles. The zero-order valence-corrected chi connectivity index (χ0v) is 11.0. The van der Waals surface area contributed by atoms with Crippen molar-refractivity contribution in [3.63, 3.8) is 0 Å². The molecule has 0 atom stereocenters. The Hall–Kier alpha value is -0.650. The predicted molar refractivity (Wildman–Crippen MR) is 67.8 cm³/mol. The van der Waals surface area contributed by atoms with Crippen molar-refractivity contribution >= 4 is 34.3 Å². The third-order valence-electron chi connectivity index (χ3n) is 2.73. The fourth-order valence-corrected chi connectivity index (χ4v) is 2.39. The molecule has 0 unspecified atom stereocenters. The molecule has 0 radical (unpaired) electrons. The molecular formula is C11H13IN2O. The molecule has 1 fully saturated rings. The van der Waals surface area contributed by atoms with Gasteiger partial charge in [-0.25, -0.2) is 4.98 Å². The van der Waals surface area contributed by atoms with E-state index >= 15 is 0 Å². The first-order valence-electron chi connectivity index (χ1n) is 4.96. The van der Waals surface area contributed by atoms with Crippen LogP contribution in [0.2, 0.25) is 0 Å². The number of halogens is 1. The number of aromatic nitrogens is 1. The Balaban J connectivity index is 2.41. The quantitative estimate of drug-likeness (QED) is 0.589. The predicted octanol–water partition coefficient (Wildman–Crippen LogP) is 2.59. The van der Waals surface area contributed by atoms with Crippen molar-refractivity contribution in [2.45, 2.75) is 32.2 Å². The molecule has 0 N–H and O–H groups in total. The Morgan fingerprint density at radius 2 is 2.20 bits per heavy atom. The van der Waals surface area contributed by atoms with Gasteiger partial charge < -0.3 is 0 Å². The van der Waals surface area contributed by atoms with Crippen molar-refractivity contribution in [1.82, 2.24) is 4.98 Å². The van der Waals surface area contributed by atoms with Crippen LogP contribution in [0.4, 0.5) is 5.82 Å². The molecule has 2 heterocycles. The smallest absolute Gasteiger partial charge is 0.228 e. The first kappa shape index (κ1) is 10.9. The van der Waals surface area contributed by atoms with E-state index < -0.39 is 0 Å². The number of amides is 1. The van der Waals surface area contributed by atoms with Crippen molar-refractivity contribution in [1.29, 1.82) is 0 Å². The zero-order chi connectivity index (χ0) is 11.1. The molecule has 1 amide bonds. The second-order valence-electron chi connectivity index (χ2n) is 4.36. The van der Waals surface area contributed by atoms with Gasteiger partial charge in [-0.3, -0.25) is 9.69 Å². The molecule has 0 aliphatic carbocycles. The Morgan fingerprint density at radius 1 is 1.47 bits per heavy atom. The van der Waals surface area contributed by atoms with Crippen LogP contribution in [-0.4, -0.2) is 16.4 Å². The van der Waals surface area contributed by atoms with Crippen LogP contribution in [0.3, 0.4) is 0 Å². The molecule has 2 rings (SSSR count). The molecule has 1 saturated heterocycles. The lowest BCUT2D eigenvalue weighted by Crippen LogP contribution is -2.41. The van der Waals surface area contributed by atoms with Crippen molar-refractivity contribution in [3.8, 4) is 0 Å². The SMILES string of the molecule is CC1(C)CCC(=O)N1c1cccc(I)n1. The van der Waals surface area contributed by atoms with Crippen LogP contribution in [-0.2, 0) is 4.79 Å². The zero-order valence-electron chi connectivity index (χ0n) is 8.83. The summed E-state index contributed by atoms with van der Waals surface area (Å²) in [5, 5.41) is 0. The number of pyridine rings is 1. The maximum Gasteiger partial charge on any atom is 0.228 e. The van der Waals surface area contributed by atoms with E-state index in [4.69, 9.17) is 0 Å². The highest BCUT2D eigenvalue weighted by Crippen LogP contribution is 2.33. The number of carbonyl (C=O) groups excluding carboxylic acids is 1. The lowest BCUT2D eigenvalue weighted by molar-refractivity contribution is -0.117. The van der Waals surface area contributed by atoms with Crippen LogP contribution < -0.4 is 4.90 Å². The standard InChI is InChI=1S/C11H13IN2O/c1-11(2)7-6-10(15)14(11)9-5-3-4-8(12)13-9/h3-5H,6-7H2,1-2H3. The number of hydrogen-bond donors (Lipinski definition) is 0. The van der Waals surface area contributed by atoms with E-state index in [0.29, 0.717) is 6.42 Å². The number of hydrogen-bond acceptors (Lipinski definition) is 2. The van der Waals surface area contributed by atoms with Crippen LogP contribution in [0.1, 0.15) is 26.7 Å². The van der Waals surface area contributed by atoms with Crippen LogP contribution in [0.25, 0.3) is 0 Å². The molecule has 0 saturated carbocycles. The minimum Gasteiger partial charge on any atom is -0.291 e. The van der Waals surface area contributed by atoms with Gasteiger partial charge in [0.05, 0.1) is 0 Å². The minimum absolute atomic E-state index is 0.103. The summed E-state index contributed by atoms with van der Waals surface area (Å²) in [6.45, 7) is 4.17. The molecule has 1 aliphatic heterocycles. The maximum absolute atomic E-state index is 11.8. The van der Waals surface area contributed by atoms with E-state index in [9.17, 15) is 4.79 Å². The van der Waals surface area contributed by atoms with Gasteiger partial charge >= 0.3 is 0 Å². The topological polar surface area (TPSA) is 33.2 Å². The van der Waals surface area contributed by atoms with Crippen LogP contribution >= 0.6 is 22.6 Å². The monoisotopic (exact) mass is 316 g/mol. The molecule has 0 spiro atoms. The minimum atomic E-state index is -0.103. The van der Waals surface area contributed by atoms with E-state index in [1.807, 2.05) is 23.1 Å². The van der Waals surface area contributed by atoms with Gasteiger partial charge in [-0.2, -0.15) is 0 Å². The third-order valence-corrected chi connectivity index (χ3v) is 3.34. The van der Waals surface area contributed by atoms with Gasteiger partial charge in [0.2, 0.25) is 5.91 Å². The fraction of sp³-hybridized carbons (Fsp3) is 0.455. The lowest BCUT2D eigenvalue weighted by Gasteiger charge is -2.30. The third kappa shape index (κ3) is 2.00. The van der Waals surface area contributed by atoms with Crippen molar-refractivity contribution in [2.75, 3.05) is 4.90 Å². The van der Waals surface area contributed by atoms with Crippen LogP contribution in [0.15, 0.2) is 18.2 Å². The maximum atomic E-state index is 11.8. The molecule has 3 nitrogen and oxygen atoms in total. The molecule has 4 heteroatoms. The van der Waals surface area contributed by atoms with Crippen molar-refractivity contribution < 1.29 is 4.79 Å². The van der Waals surface area contributed by atoms with Gasteiger partial charge in [-0.1, -0.05) is 6.07 Å². The van der Waals surface area contributed by atoms with E-state index in [2.05, 4.69) is 41.4 Å². The lowest BCUT2D eigenvalue weighted by atomic mass is 10.0. The summed E-state index contributed by atoms with van der Waals surface area (Å²) < 4.78 is 0.917. The Bertz CT molecular complexity index is 403. The van der Waals surface area contributed by atoms with Gasteiger partial charge in [0.25, 0.3) is 0 Å². The molecule has 1 aromatic rings. The van der Waals surface area contributed by atoms with E-state index in [1.165, 1.54) is 0 Å². The Kier molecular flexibility index (Phi) is 2.70. The summed E-state index contributed by atoms with van der Waals surface area (Å²) in [6, 6.07) is 5.76. The number of carbonyl (C=O) groups is 1. The van der Waals surface area contributed by atoms with Gasteiger partial charge in [0, 0.05) is 12.0 Å². The van der Waals surface area contributed by atoms with E-state index in [0.717, 1.165) is 15.9 Å². The van der Waals surface area contributed by atoms with Gasteiger partial charge in [-0.15, -0.1) is 0 Å². The highest BCUT2D eigenvalue weighted by atomic mass is 127. The molecule has 80 valence electrons. The Morgan fingerprint density at radius 3 is 2.73 bits per heavy atom. The van der Waals surface area contributed by atoms with Crippen molar-refractivity contribution in [3.05, 3.63) is 21.9 Å². The summed E-state index contributed by atoms with van der Waals surface area (Å²) in [5.74, 6) is 0.948. The van der Waals surface area contributed by atoms with Crippen LogP contribution in [0.5, 0.6) is 0 Å². The summed E-state index contributed by atoms with van der Waals surface area (Å²) in [7, 11) is 0. The fourth-order valence-electron chi connectivity index (χ4n) is 1.93. The Labute approximate surface area is 103 Å². The summed E-state index contributed by atoms with van der Waals surface area (Å²) in [6.07, 6.45) is 1.53. The normalized spacial score (nSPS) is 19.7. The first-order valence-corrected chi connectivity index (χ1v) is 6.04. The van der Waals surface area contributed by atoms with Crippen LogP contribution in [0, 0.1) is 3.70 Å².